The molecule has 2 rings (SSSR count). The van der Waals surface area contributed by atoms with Crippen LogP contribution in [0.2, 0.25) is 0 Å². The molecule has 0 atom stereocenters. The summed E-state index contributed by atoms with van der Waals surface area (Å²) in [6.45, 7) is 0. The van der Waals surface area contributed by atoms with Gasteiger partial charge in [-0.15, -0.1) is 0 Å². The molecule has 3 N–H and O–H groups in total. The Morgan fingerprint density at radius 2 is 1.91 bits per heavy atom. The summed E-state index contributed by atoms with van der Waals surface area (Å²) in [7, 11) is 0. The summed E-state index contributed by atoms with van der Waals surface area (Å²) in [4.78, 5) is 19.0. The number of nitro benzene ring substituents is 1. The minimum absolute atomic E-state index is 0.0260. The molecular weight excluding hydrogens is 328 g/mol. The molecule has 0 unspecified atom stereocenters. The fourth-order valence-corrected chi connectivity index (χ4v) is 1.62. The first-order chi connectivity index (χ1) is 10.5. The second-order valence-corrected chi connectivity index (χ2v) is 4.64. The first kappa shape index (κ1) is 18.6. The van der Waals surface area contributed by atoms with Crippen molar-refractivity contribution in [3.05, 3.63) is 34.1 Å². The van der Waals surface area contributed by atoms with Crippen LogP contribution in [0.4, 0.5) is 23.2 Å². The molecular formula is C12H12F4N2O5. The number of benzene rings is 1. The summed E-state index contributed by atoms with van der Waals surface area (Å²) >= 11 is 0. The fourth-order valence-electron chi connectivity index (χ4n) is 1.62. The van der Waals surface area contributed by atoms with Crippen LogP contribution in [0, 0.1) is 15.9 Å². The second kappa shape index (κ2) is 7.22. The molecule has 1 aliphatic carbocycles. The maximum absolute atomic E-state index is 12.9. The number of ether oxygens (including phenoxy) is 1. The van der Waals surface area contributed by atoms with Crippen LogP contribution in [0.15, 0.2) is 18.2 Å². The van der Waals surface area contributed by atoms with Crippen molar-refractivity contribution in [2.75, 3.05) is 0 Å². The molecule has 128 valence electrons. The molecule has 0 spiro atoms. The largest absolute Gasteiger partial charge is 0.490 e. The Labute approximate surface area is 126 Å². The van der Waals surface area contributed by atoms with Gasteiger partial charge < -0.3 is 15.6 Å². The molecule has 11 heteroatoms. The minimum atomic E-state index is -5.08. The van der Waals surface area contributed by atoms with Gasteiger partial charge in [0.05, 0.1) is 4.92 Å². The molecule has 1 saturated carbocycles. The van der Waals surface area contributed by atoms with Crippen LogP contribution < -0.4 is 10.5 Å². The second-order valence-electron chi connectivity index (χ2n) is 4.64. The number of carbonyl (C=O) groups is 1. The van der Waals surface area contributed by atoms with Gasteiger partial charge in [0.1, 0.15) is 11.9 Å². The summed E-state index contributed by atoms with van der Waals surface area (Å²) < 4.78 is 50.0. The molecule has 1 aliphatic rings. The Bertz CT molecular complexity index is 587. The maximum Gasteiger partial charge on any atom is 0.490 e. The van der Waals surface area contributed by atoms with Crippen molar-refractivity contribution < 1.29 is 37.1 Å². The molecule has 0 saturated heterocycles. The Hall–Kier alpha value is -2.43. The molecule has 1 fully saturated rings. The van der Waals surface area contributed by atoms with Gasteiger partial charge in [0.2, 0.25) is 0 Å². The number of nitro groups is 1. The zero-order valence-electron chi connectivity index (χ0n) is 11.4. The normalized spacial score (nSPS) is 19.9. The topological polar surface area (TPSA) is 116 Å². The van der Waals surface area contributed by atoms with E-state index in [2.05, 4.69) is 0 Å². The van der Waals surface area contributed by atoms with Crippen LogP contribution in [-0.2, 0) is 4.79 Å². The van der Waals surface area contributed by atoms with E-state index in [1.165, 1.54) is 0 Å². The van der Waals surface area contributed by atoms with Crippen LogP contribution in [0.5, 0.6) is 5.75 Å². The average molecular weight is 340 g/mol. The van der Waals surface area contributed by atoms with Gasteiger partial charge in [-0.2, -0.15) is 13.2 Å². The highest BCUT2D eigenvalue weighted by Gasteiger charge is 2.38. The minimum Gasteiger partial charge on any atom is -0.483 e. The number of carboxylic acid groups (broad SMARTS) is 1. The number of nitrogens with zero attached hydrogens (tertiary/aromatic N) is 1. The van der Waals surface area contributed by atoms with Gasteiger partial charge in [0.15, 0.2) is 5.75 Å². The average Bonchev–Trinajstić information content (AvgIpc) is 2.36. The summed E-state index contributed by atoms with van der Waals surface area (Å²) in [6.07, 6.45) is -3.93. The molecule has 23 heavy (non-hydrogen) atoms. The lowest BCUT2D eigenvalue weighted by atomic mass is 9.90. The zero-order valence-corrected chi connectivity index (χ0v) is 11.4. The van der Waals surface area contributed by atoms with Crippen molar-refractivity contribution in [2.45, 2.75) is 31.2 Å². The van der Waals surface area contributed by atoms with Crippen LogP contribution in [-0.4, -0.2) is 34.3 Å². The third kappa shape index (κ3) is 5.70. The molecule has 1 aromatic carbocycles. The smallest absolute Gasteiger partial charge is 0.483 e. The lowest BCUT2D eigenvalue weighted by Gasteiger charge is -2.32. The predicted molar refractivity (Wildman–Crippen MR) is 68.4 cm³/mol. The van der Waals surface area contributed by atoms with Crippen molar-refractivity contribution >= 4 is 11.7 Å². The molecule has 0 radical (unpaired) electrons. The molecule has 0 amide bonds. The maximum atomic E-state index is 12.9. The van der Waals surface area contributed by atoms with E-state index in [0.717, 1.165) is 18.2 Å². The number of alkyl halides is 3. The van der Waals surface area contributed by atoms with E-state index >= 15 is 0 Å². The lowest BCUT2D eigenvalue weighted by Crippen LogP contribution is -2.43. The van der Waals surface area contributed by atoms with E-state index in [4.69, 9.17) is 20.4 Å². The Balaban J connectivity index is 0.000000322. The van der Waals surface area contributed by atoms with Crippen LogP contribution in [0.25, 0.3) is 0 Å². The van der Waals surface area contributed by atoms with E-state index in [1.807, 2.05) is 0 Å². The van der Waals surface area contributed by atoms with Gasteiger partial charge >= 0.3 is 17.8 Å². The highest BCUT2D eigenvalue weighted by Crippen LogP contribution is 2.32. The van der Waals surface area contributed by atoms with Gasteiger partial charge in [-0.1, -0.05) is 0 Å². The van der Waals surface area contributed by atoms with E-state index in [-0.39, 0.29) is 23.6 Å². The third-order valence-corrected chi connectivity index (χ3v) is 2.79. The molecule has 0 aromatic heterocycles. The number of halogens is 4. The molecule has 7 nitrogen and oxygen atoms in total. The van der Waals surface area contributed by atoms with Gasteiger partial charge in [0, 0.05) is 18.2 Å². The van der Waals surface area contributed by atoms with E-state index in [1.54, 1.807) is 0 Å². The van der Waals surface area contributed by atoms with Crippen LogP contribution in [0.1, 0.15) is 12.8 Å². The van der Waals surface area contributed by atoms with Crippen molar-refractivity contribution in [3.63, 3.8) is 0 Å². The van der Waals surface area contributed by atoms with Crippen LogP contribution >= 0.6 is 0 Å². The number of hydrogen-bond donors (Lipinski definition) is 2. The third-order valence-electron chi connectivity index (χ3n) is 2.79. The van der Waals surface area contributed by atoms with Crippen molar-refractivity contribution in [2.24, 2.45) is 5.73 Å². The number of rotatable bonds is 3. The summed E-state index contributed by atoms with van der Waals surface area (Å²) in [5, 5.41) is 17.8. The number of nitrogens with two attached hydrogens (primary N) is 1. The fraction of sp³-hybridized carbons (Fsp3) is 0.417. The monoisotopic (exact) mass is 340 g/mol. The van der Waals surface area contributed by atoms with Gasteiger partial charge in [-0.3, -0.25) is 10.1 Å². The zero-order chi connectivity index (χ0) is 17.8. The lowest BCUT2D eigenvalue weighted by molar-refractivity contribution is -0.386. The number of carboxylic acids is 1. The summed E-state index contributed by atoms with van der Waals surface area (Å²) in [6, 6.07) is 3.25. The summed E-state index contributed by atoms with van der Waals surface area (Å²) in [5.41, 5.74) is 5.34. The number of hydrogen-bond acceptors (Lipinski definition) is 5. The summed E-state index contributed by atoms with van der Waals surface area (Å²) in [5.74, 6) is -3.33. The number of aliphatic carboxylic acids is 1. The molecule has 0 heterocycles. The van der Waals surface area contributed by atoms with Crippen molar-refractivity contribution in [3.8, 4) is 5.75 Å². The standard InChI is InChI=1S/C10H11FN2O3.C2HF3O2/c11-6-1-2-9(13(14)15)10(3-6)16-8-4-7(12)5-8;3-2(4,5)1(6)7/h1-3,7-8H,4-5,12H2;(H,6,7). The van der Waals surface area contributed by atoms with Crippen LogP contribution in [0.3, 0.4) is 0 Å². The Kier molecular flexibility index (Phi) is 5.85. The van der Waals surface area contributed by atoms with E-state index in [0.29, 0.717) is 12.8 Å². The van der Waals surface area contributed by atoms with Crippen molar-refractivity contribution in [1.82, 2.24) is 0 Å². The van der Waals surface area contributed by atoms with E-state index in [9.17, 15) is 27.7 Å². The predicted octanol–water partition coefficient (Wildman–Crippen LogP) is 2.24. The molecule has 1 aromatic rings. The quantitative estimate of drug-likeness (QED) is 0.495. The Morgan fingerprint density at radius 1 is 1.39 bits per heavy atom. The molecule has 0 bridgehead atoms. The van der Waals surface area contributed by atoms with Gasteiger partial charge in [0.25, 0.3) is 0 Å². The van der Waals surface area contributed by atoms with Crippen molar-refractivity contribution in [1.29, 1.82) is 0 Å². The van der Waals surface area contributed by atoms with Gasteiger partial charge in [-0.25, -0.2) is 9.18 Å². The highest BCUT2D eigenvalue weighted by molar-refractivity contribution is 5.73. The highest BCUT2D eigenvalue weighted by atomic mass is 19.4. The first-order valence-corrected chi connectivity index (χ1v) is 6.17. The Morgan fingerprint density at radius 3 is 2.30 bits per heavy atom. The molecule has 0 aliphatic heterocycles. The van der Waals surface area contributed by atoms with E-state index < -0.39 is 22.9 Å². The van der Waals surface area contributed by atoms with Gasteiger partial charge in [-0.05, 0) is 18.9 Å². The first-order valence-electron chi connectivity index (χ1n) is 6.17. The SMILES string of the molecule is NC1CC(Oc2cc(F)ccc2[N+](=O)[O-])C1.O=C(O)C(F)(F)F.